The largest absolute Gasteiger partial charge is 0.236 e. The van der Waals surface area contributed by atoms with E-state index in [4.69, 9.17) is 0 Å². The minimum Gasteiger partial charge on any atom is -0.236 e. The molecule has 0 unspecified atom stereocenters. The maximum Gasteiger partial charge on any atom is 0.146 e. The summed E-state index contributed by atoms with van der Waals surface area (Å²) in [5.74, 6) is 0.778. The van der Waals surface area contributed by atoms with Crippen molar-refractivity contribution in [3.8, 4) is 11.1 Å². The van der Waals surface area contributed by atoms with Crippen molar-refractivity contribution in [1.29, 1.82) is 0 Å². The molecule has 1 aliphatic carbocycles. The summed E-state index contributed by atoms with van der Waals surface area (Å²) in [6.45, 7) is 1.92. The van der Waals surface area contributed by atoms with Crippen molar-refractivity contribution in [2.75, 3.05) is 0 Å². The predicted molar refractivity (Wildman–Crippen MR) is 81.2 cm³/mol. The van der Waals surface area contributed by atoms with Crippen LogP contribution in [-0.4, -0.2) is 14.6 Å². The fraction of sp³-hybridized carbons (Fsp3) is 0.0588. The van der Waals surface area contributed by atoms with Crippen molar-refractivity contribution in [2.45, 2.75) is 6.92 Å². The zero-order chi connectivity index (χ0) is 13.5. The van der Waals surface area contributed by atoms with Crippen LogP contribution < -0.4 is 0 Å². The molecule has 0 fully saturated rings. The smallest absolute Gasteiger partial charge is 0.146 e. The molecule has 96 valence electrons. The van der Waals surface area contributed by atoms with Gasteiger partial charge < -0.3 is 0 Å². The lowest BCUT2D eigenvalue weighted by molar-refractivity contribution is 0.853. The highest BCUT2D eigenvalue weighted by molar-refractivity contribution is 5.90. The van der Waals surface area contributed by atoms with E-state index in [-0.39, 0.29) is 0 Å². The fourth-order valence-corrected chi connectivity index (χ4v) is 2.68. The van der Waals surface area contributed by atoms with Gasteiger partial charge in [-0.2, -0.15) is 5.10 Å². The summed E-state index contributed by atoms with van der Waals surface area (Å²) >= 11 is 0. The van der Waals surface area contributed by atoms with E-state index in [9.17, 15) is 0 Å². The molecule has 3 nitrogen and oxygen atoms in total. The quantitative estimate of drug-likeness (QED) is 0.666. The van der Waals surface area contributed by atoms with Crippen molar-refractivity contribution in [1.82, 2.24) is 14.6 Å². The van der Waals surface area contributed by atoms with Crippen LogP contribution in [0.4, 0.5) is 0 Å². The SMILES string of the molecule is Cc1nc2c3c(c(-c4ccccc4)cn3n1)C=CC=C2. The van der Waals surface area contributed by atoms with Crippen molar-refractivity contribution < 1.29 is 0 Å². The second-order valence-electron chi connectivity index (χ2n) is 4.88. The van der Waals surface area contributed by atoms with Crippen molar-refractivity contribution in [3.63, 3.8) is 0 Å². The number of hydrogen-bond acceptors (Lipinski definition) is 2. The Morgan fingerprint density at radius 3 is 2.65 bits per heavy atom. The van der Waals surface area contributed by atoms with E-state index in [1.54, 1.807) is 0 Å². The van der Waals surface area contributed by atoms with Crippen LogP contribution >= 0.6 is 0 Å². The van der Waals surface area contributed by atoms with Crippen LogP contribution in [0.25, 0.3) is 28.8 Å². The normalized spacial score (nSPS) is 12.8. The third kappa shape index (κ3) is 1.60. The first-order valence-electron chi connectivity index (χ1n) is 6.63. The van der Waals surface area contributed by atoms with Gasteiger partial charge in [-0.05, 0) is 18.6 Å². The van der Waals surface area contributed by atoms with Crippen LogP contribution in [0.2, 0.25) is 0 Å². The minimum atomic E-state index is 0.778. The molecule has 2 aromatic heterocycles. The molecule has 0 spiro atoms. The van der Waals surface area contributed by atoms with E-state index in [2.05, 4.69) is 52.7 Å². The molecule has 3 aromatic rings. The van der Waals surface area contributed by atoms with Gasteiger partial charge in [0.05, 0.1) is 11.2 Å². The molecule has 0 N–H and O–H groups in total. The molecule has 20 heavy (non-hydrogen) atoms. The summed E-state index contributed by atoms with van der Waals surface area (Å²) in [6, 6.07) is 10.4. The maximum atomic E-state index is 4.54. The Hall–Kier alpha value is -2.68. The second kappa shape index (κ2) is 4.17. The third-order valence-electron chi connectivity index (χ3n) is 3.52. The van der Waals surface area contributed by atoms with E-state index < -0.39 is 0 Å². The molecule has 0 saturated heterocycles. The molecule has 3 heteroatoms. The molecule has 2 heterocycles. The van der Waals surface area contributed by atoms with Crippen LogP contribution in [0.15, 0.2) is 48.7 Å². The van der Waals surface area contributed by atoms with Gasteiger partial charge in [0.1, 0.15) is 5.82 Å². The molecule has 0 amide bonds. The van der Waals surface area contributed by atoms with Crippen LogP contribution in [-0.2, 0) is 0 Å². The molecule has 0 bridgehead atoms. The number of rotatable bonds is 1. The second-order valence-corrected chi connectivity index (χ2v) is 4.88. The first kappa shape index (κ1) is 11.2. The lowest BCUT2D eigenvalue weighted by Gasteiger charge is -2.01. The Morgan fingerprint density at radius 2 is 1.80 bits per heavy atom. The van der Waals surface area contributed by atoms with Crippen molar-refractivity contribution >= 4 is 17.7 Å². The van der Waals surface area contributed by atoms with Crippen LogP contribution in [0.3, 0.4) is 0 Å². The zero-order valence-corrected chi connectivity index (χ0v) is 11.1. The van der Waals surface area contributed by atoms with E-state index in [1.165, 1.54) is 16.7 Å². The van der Waals surface area contributed by atoms with Crippen molar-refractivity contribution in [3.05, 3.63) is 65.8 Å². The average molecular weight is 259 g/mol. The van der Waals surface area contributed by atoms with Crippen LogP contribution in [0, 0.1) is 6.92 Å². The number of aromatic nitrogens is 3. The average Bonchev–Trinajstić information content (AvgIpc) is 2.68. The first-order chi connectivity index (χ1) is 9.83. The topological polar surface area (TPSA) is 30.2 Å². The molecule has 0 aliphatic heterocycles. The number of allylic oxidation sites excluding steroid dienone is 2. The van der Waals surface area contributed by atoms with Gasteiger partial charge in [0.15, 0.2) is 0 Å². The van der Waals surface area contributed by atoms with E-state index in [1.807, 2.05) is 29.7 Å². The Kier molecular flexibility index (Phi) is 2.33. The molecular formula is C17H13N3. The number of hydrogen-bond donors (Lipinski definition) is 0. The Bertz CT molecular complexity index is 855. The van der Waals surface area contributed by atoms with Gasteiger partial charge in [0.25, 0.3) is 0 Å². The Labute approximate surface area is 116 Å². The molecule has 1 aliphatic rings. The van der Waals surface area contributed by atoms with Gasteiger partial charge in [-0.3, -0.25) is 0 Å². The van der Waals surface area contributed by atoms with Crippen LogP contribution in [0.1, 0.15) is 17.1 Å². The number of benzene rings is 1. The molecular weight excluding hydrogens is 246 g/mol. The molecule has 0 atom stereocenters. The van der Waals surface area contributed by atoms with Crippen molar-refractivity contribution in [2.24, 2.45) is 0 Å². The summed E-state index contributed by atoms with van der Waals surface area (Å²) in [4.78, 5) is 4.54. The van der Waals surface area contributed by atoms with Gasteiger partial charge in [0, 0.05) is 17.3 Å². The summed E-state index contributed by atoms with van der Waals surface area (Å²) in [7, 11) is 0. The number of nitrogens with zero attached hydrogens (tertiary/aromatic N) is 3. The molecule has 1 aromatic carbocycles. The zero-order valence-electron chi connectivity index (χ0n) is 11.1. The van der Waals surface area contributed by atoms with Gasteiger partial charge >= 0.3 is 0 Å². The van der Waals surface area contributed by atoms with E-state index >= 15 is 0 Å². The summed E-state index contributed by atoms with van der Waals surface area (Å²) < 4.78 is 1.94. The maximum absolute atomic E-state index is 4.54. The lowest BCUT2D eigenvalue weighted by Crippen LogP contribution is -1.99. The Balaban J connectivity index is 2.12. The first-order valence-corrected chi connectivity index (χ1v) is 6.63. The van der Waals surface area contributed by atoms with E-state index in [0.717, 1.165) is 17.0 Å². The highest BCUT2D eigenvalue weighted by Crippen LogP contribution is 2.32. The monoisotopic (exact) mass is 259 g/mol. The molecule has 0 saturated carbocycles. The van der Waals surface area contributed by atoms with Crippen LogP contribution in [0.5, 0.6) is 0 Å². The summed E-state index contributed by atoms with van der Waals surface area (Å²) in [5.41, 5.74) is 5.60. The Morgan fingerprint density at radius 1 is 1.00 bits per heavy atom. The highest BCUT2D eigenvalue weighted by atomic mass is 15.2. The molecule has 0 radical (unpaired) electrons. The summed E-state index contributed by atoms with van der Waals surface area (Å²) in [6.07, 6.45) is 10.3. The predicted octanol–water partition coefficient (Wildman–Crippen LogP) is 3.74. The van der Waals surface area contributed by atoms with Gasteiger partial charge in [-0.15, -0.1) is 0 Å². The van der Waals surface area contributed by atoms with E-state index in [0.29, 0.717) is 0 Å². The van der Waals surface area contributed by atoms with Gasteiger partial charge in [-0.1, -0.05) is 48.6 Å². The highest BCUT2D eigenvalue weighted by Gasteiger charge is 2.15. The number of aryl methyl sites for hydroxylation is 1. The lowest BCUT2D eigenvalue weighted by atomic mass is 10.0. The third-order valence-corrected chi connectivity index (χ3v) is 3.52. The summed E-state index contributed by atoms with van der Waals surface area (Å²) in [5, 5.41) is 4.50. The minimum absolute atomic E-state index is 0.778. The van der Waals surface area contributed by atoms with Gasteiger partial charge in [-0.25, -0.2) is 9.50 Å². The fourth-order valence-electron chi connectivity index (χ4n) is 2.68. The van der Waals surface area contributed by atoms with Gasteiger partial charge in [0.2, 0.25) is 0 Å². The molecule has 4 rings (SSSR count). The standard InChI is InChI=1S/C17H13N3/c1-12-18-16-10-6-5-9-14-15(11-20(19-12)17(14)16)13-7-3-2-4-8-13/h2-11H,1H3.